The van der Waals surface area contributed by atoms with Crippen LogP contribution in [0.3, 0.4) is 0 Å². The molecule has 2 fully saturated rings. The number of hydrogen-bond donors (Lipinski definition) is 1. The van der Waals surface area contributed by atoms with Gasteiger partial charge in [-0.25, -0.2) is 0 Å². The fraction of sp³-hybridized carbons (Fsp3) is 0.429. The lowest BCUT2D eigenvalue weighted by atomic mass is 10.0. The van der Waals surface area contributed by atoms with Crippen molar-refractivity contribution in [2.75, 3.05) is 31.6 Å². The maximum absolute atomic E-state index is 12.9. The molecule has 1 N–H and O–H groups in total. The van der Waals surface area contributed by atoms with E-state index in [1.54, 1.807) is 12.4 Å². The van der Waals surface area contributed by atoms with Crippen LogP contribution in [0.2, 0.25) is 0 Å². The van der Waals surface area contributed by atoms with E-state index in [9.17, 15) is 4.79 Å². The van der Waals surface area contributed by atoms with Gasteiger partial charge in [-0.1, -0.05) is 12.1 Å². The van der Waals surface area contributed by atoms with Crippen molar-refractivity contribution < 1.29 is 14.3 Å². The summed E-state index contributed by atoms with van der Waals surface area (Å²) in [5.74, 6) is -0.471. The molecule has 6 heteroatoms. The zero-order valence-electron chi connectivity index (χ0n) is 15.8. The lowest BCUT2D eigenvalue weighted by Gasteiger charge is -2.37. The molecular weight excluding hydrogens is 342 g/mol. The molecule has 0 atom stereocenters. The molecule has 2 saturated heterocycles. The Hall–Kier alpha value is -2.44. The lowest BCUT2D eigenvalue weighted by Crippen LogP contribution is -2.47. The van der Waals surface area contributed by atoms with Crippen LogP contribution in [0.25, 0.3) is 0 Å². The average Bonchev–Trinajstić information content (AvgIpc) is 3.13. The SMILES string of the molecule is Cc1ccc(C)c(Nc2cncc(C(=O)N3CCC4(CC3)OCCO4)c2)c1. The third-order valence-electron chi connectivity index (χ3n) is 5.28. The number of ether oxygens (including phenoxy) is 2. The monoisotopic (exact) mass is 367 g/mol. The van der Waals surface area contributed by atoms with E-state index in [0.29, 0.717) is 44.7 Å². The van der Waals surface area contributed by atoms with Crippen LogP contribution in [-0.2, 0) is 9.47 Å². The van der Waals surface area contributed by atoms with Crippen LogP contribution in [0.1, 0.15) is 34.3 Å². The van der Waals surface area contributed by atoms with Gasteiger partial charge in [-0.15, -0.1) is 0 Å². The third-order valence-corrected chi connectivity index (χ3v) is 5.28. The van der Waals surface area contributed by atoms with Crippen LogP contribution in [0.4, 0.5) is 11.4 Å². The van der Waals surface area contributed by atoms with Crippen molar-refractivity contribution in [1.82, 2.24) is 9.88 Å². The third kappa shape index (κ3) is 3.82. The molecule has 1 aromatic carbocycles. The molecule has 2 aliphatic rings. The molecule has 0 unspecified atom stereocenters. The molecule has 1 aromatic heterocycles. The van der Waals surface area contributed by atoms with Gasteiger partial charge in [-0.2, -0.15) is 0 Å². The molecule has 3 heterocycles. The van der Waals surface area contributed by atoms with E-state index in [4.69, 9.17) is 9.47 Å². The van der Waals surface area contributed by atoms with Gasteiger partial charge in [0, 0.05) is 37.8 Å². The number of aryl methyl sites for hydroxylation is 2. The minimum absolute atomic E-state index is 0.0000360. The summed E-state index contributed by atoms with van der Waals surface area (Å²) < 4.78 is 11.5. The zero-order valence-corrected chi connectivity index (χ0v) is 15.8. The zero-order chi connectivity index (χ0) is 18.9. The van der Waals surface area contributed by atoms with E-state index in [-0.39, 0.29) is 5.91 Å². The number of hydrogen-bond acceptors (Lipinski definition) is 5. The number of pyridine rings is 1. The maximum atomic E-state index is 12.9. The molecule has 2 aliphatic heterocycles. The first-order valence-electron chi connectivity index (χ1n) is 9.41. The Labute approximate surface area is 159 Å². The number of rotatable bonds is 3. The Morgan fingerprint density at radius 2 is 1.85 bits per heavy atom. The molecule has 1 spiro atoms. The normalized spacial score (nSPS) is 18.7. The minimum Gasteiger partial charge on any atom is -0.354 e. The van der Waals surface area contributed by atoms with Crippen LogP contribution < -0.4 is 5.32 Å². The molecule has 142 valence electrons. The van der Waals surface area contributed by atoms with Crippen LogP contribution in [0.15, 0.2) is 36.7 Å². The molecular formula is C21H25N3O3. The Balaban J connectivity index is 1.46. The first-order chi connectivity index (χ1) is 13.0. The molecule has 2 aromatic rings. The number of benzene rings is 1. The summed E-state index contributed by atoms with van der Waals surface area (Å²) in [5.41, 5.74) is 4.76. The first-order valence-corrected chi connectivity index (χ1v) is 9.41. The highest BCUT2D eigenvalue weighted by Crippen LogP contribution is 2.32. The number of amides is 1. The summed E-state index contributed by atoms with van der Waals surface area (Å²) in [6.45, 7) is 6.67. The fourth-order valence-electron chi connectivity index (χ4n) is 3.67. The van der Waals surface area contributed by atoms with E-state index >= 15 is 0 Å². The van der Waals surface area contributed by atoms with Crippen LogP contribution in [0, 0.1) is 13.8 Å². The molecule has 0 radical (unpaired) electrons. The van der Waals surface area contributed by atoms with Crippen molar-refractivity contribution in [3.8, 4) is 0 Å². The molecule has 4 rings (SSSR count). The van der Waals surface area contributed by atoms with E-state index in [0.717, 1.165) is 16.9 Å². The van der Waals surface area contributed by atoms with Gasteiger partial charge in [0.1, 0.15) is 0 Å². The number of nitrogens with one attached hydrogen (secondary N) is 1. The summed E-state index contributed by atoms with van der Waals surface area (Å²) >= 11 is 0. The number of carbonyl (C=O) groups is 1. The van der Waals surface area contributed by atoms with Crippen molar-refractivity contribution in [3.63, 3.8) is 0 Å². The van der Waals surface area contributed by atoms with Crippen molar-refractivity contribution >= 4 is 17.3 Å². The van der Waals surface area contributed by atoms with Crippen LogP contribution in [0.5, 0.6) is 0 Å². The number of piperidine rings is 1. The molecule has 0 saturated carbocycles. The summed E-state index contributed by atoms with van der Waals surface area (Å²) in [4.78, 5) is 19.0. The highest BCUT2D eigenvalue weighted by Gasteiger charge is 2.40. The van der Waals surface area contributed by atoms with Crippen molar-refractivity contribution in [3.05, 3.63) is 53.3 Å². The fourth-order valence-corrected chi connectivity index (χ4v) is 3.67. The van der Waals surface area contributed by atoms with Gasteiger partial charge in [0.15, 0.2) is 5.79 Å². The predicted octanol–water partition coefficient (Wildman–Crippen LogP) is 3.42. The largest absolute Gasteiger partial charge is 0.354 e. The molecule has 1 amide bonds. The summed E-state index contributed by atoms with van der Waals surface area (Å²) in [5, 5.41) is 3.38. The summed E-state index contributed by atoms with van der Waals surface area (Å²) in [7, 11) is 0. The Morgan fingerprint density at radius 3 is 2.59 bits per heavy atom. The van der Waals surface area contributed by atoms with Gasteiger partial charge in [-0.05, 0) is 37.1 Å². The number of carbonyl (C=O) groups excluding carboxylic acids is 1. The number of anilines is 2. The second kappa shape index (κ2) is 7.29. The second-order valence-corrected chi connectivity index (χ2v) is 7.31. The van der Waals surface area contributed by atoms with Crippen molar-refractivity contribution in [2.24, 2.45) is 0 Å². The van der Waals surface area contributed by atoms with Crippen molar-refractivity contribution in [2.45, 2.75) is 32.5 Å². The average molecular weight is 367 g/mol. The van der Waals surface area contributed by atoms with Gasteiger partial charge >= 0.3 is 0 Å². The number of likely N-dealkylation sites (tertiary alicyclic amines) is 1. The van der Waals surface area contributed by atoms with E-state index in [1.807, 2.05) is 11.0 Å². The van der Waals surface area contributed by atoms with Crippen LogP contribution >= 0.6 is 0 Å². The Morgan fingerprint density at radius 1 is 1.11 bits per heavy atom. The topological polar surface area (TPSA) is 63.7 Å². The van der Waals surface area contributed by atoms with E-state index in [1.165, 1.54) is 5.56 Å². The van der Waals surface area contributed by atoms with Gasteiger partial charge in [0.2, 0.25) is 0 Å². The molecule has 6 nitrogen and oxygen atoms in total. The Kier molecular flexibility index (Phi) is 4.85. The highest BCUT2D eigenvalue weighted by atomic mass is 16.7. The number of aromatic nitrogens is 1. The van der Waals surface area contributed by atoms with Gasteiger partial charge in [0.05, 0.1) is 30.7 Å². The molecule has 0 aliphatic carbocycles. The first kappa shape index (κ1) is 17.9. The minimum atomic E-state index is -0.471. The summed E-state index contributed by atoms with van der Waals surface area (Å²) in [6, 6.07) is 8.12. The second-order valence-electron chi connectivity index (χ2n) is 7.31. The maximum Gasteiger partial charge on any atom is 0.255 e. The molecule has 27 heavy (non-hydrogen) atoms. The predicted molar refractivity (Wildman–Crippen MR) is 103 cm³/mol. The standard InChI is InChI=1S/C21H25N3O3/c1-15-3-4-16(2)19(11-15)23-18-12-17(13-22-14-18)20(25)24-7-5-21(6-8-24)26-9-10-27-21/h3-4,11-14,23H,5-10H2,1-2H3. The van der Waals surface area contributed by atoms with Crippen LogP contribution in [-0.4, -0.2) is 47.9 Å². The van der Waals surface area contributed by atoms with Gasteiger partial charge in [0.25, 0.3) is 5.91 Å². The summed E-state index contributed by atoms with van der Waals surface area (Å²) in [6.07, 6.45) is 4.80. The lowest BCUT2D eigenvalue weighted by molar-refractivity contribution is -0.181. The Bertz CT molecular complexity index is 836. The van der Waals surface area contributed by atoms with E-state index < -0.39 is 5.79 Å². The quantitative estimate of drug-likeness (QED) is 0.901. The smallest absolute Gasteiger partial charge is 0.255 e. The van der Waals surface area contributed by atoms with Crippen molar-refractivity contribution in [1.29, 1.82) is 0 Å². The number of nitrogens with zero attached hydrogens (tertiary/aromatic N) is 2. The highest BCUT2D eigenvalue weighted by molar-refractivity contribution is 5.95. The van der Waals surface area contributed by atoms with Gasteiger partial charge in [-0.3, -0.25) is 9.78 Å². The molecule has 0 bridgehead atoms. The van der Waals surface area contributed by atoms with E-state index in [2.05, 4.69) is 42.3 Å². The van der Waals surface area contributed by atoms with Gasteiger partial charge < -0.3 is 19.7 Å².